The van der Waals surface area contributed by atoms with Gasteiger partial charge in [-0.3, -0.25) is 4.79 Å². The van der Waals surface area contributed by atoms with Gasteiger partial charge in [-0.1, -0.05) is 12.1 Å². The smallest absolute Gasteiger partial charge is 0.196 e. The van der Waals surface area contributed by atoms with Crippen LogP contribution in [-0.2, 0) is 4.74 Å². The molecule has 0 saturated carbocycles. The third-order valence-electron chi connectivity index (χ3n) is 3.31. The topological polar surface area (TPSA) is 35.5 Å². The fourth-order valence-electron chi connectivity index (χ4n) is 2.27. The van der Waals surface area contributed by atoms with Crippen LogP contribution in [0.5, 0.6) is 5.75 Å². The van der Waals surface area contributed by atoms with E-state index in [1.807, 2.05) is 42.5 Å². The Morgan fingerprint density at radius 2 is 1.81 bits per heavy atom. The molecule has 0 spiro atoms. The van der Waals surface area contributed by atoms with Gasteiger partial charge >= 0.3 is 0 Å². The van der Waals surface area contributed by atoms with Crippen molar-refractivity contribution in [1.29, 1.82) is 0 Å². The molecule has 0 aliphatic carbocycles. The molecule has 0 aliphatic rings. The van der Waals surface area contributed by atoms with Crippen molar-refractivity contribution in [2.45, 2.75) is 6.42 Å². The van der Waals surface area contributed by atoms with Crippen LogP contribution in [0.2, 0.25) is 0 Å². The predicted molar refractivity (Wildman–Crippen MR) is 87.6 cm³/mol. The first-order valence-corrected chi connectivity index (χ1v) is 7.68. The van der Waals surface area contributed by atoms with Crippen LogP contribution < -0.4 is 10.2 Å². The van der Waals surface area contributed by atoms with Gasteiger partial charge in [-0.15, -0.1) is 11.3 Å². The average Bonchev–Trinajstić information content (AvgIpc) is 2.52. The zero-order chi connectivity index (χ0) is 14.7. The number of hydrogen-bond acceptors (Lipinski definition) is 4. The summed E-state index contributed by atoms with van der Waals surface area (Å²) in [5.74, 6) is 0.734. The van der Waals surface area contributed by atoms with Gasteiger partial charge in [0, 0.05) is 40.3 Å². The molecule has 21 heavy (non-hydrogen) atoms. The van der Waals surface area contributed by atoms with E-state index in [2.05, 4.69) is 0 Å². The Balaban J connectivity index is 1.99. The van der Waals surface area contributed by atoms with E-state index < -0.39 is 0 Å². The largest absolute Gasteiger partial charge is 0.493 e. The predicted octanol–water partition coefficient (Wildman–Crippen LogP) is 3.83. The Kier molecular flexibility index (Phi) is 4.18. The molecule has 0 fully saturated rings. The minimum Gasteiger partial charge on any atom is -0.493 e. The lowest BCUT2D eigenvalue weighted by molar-refractivity contribution is 0.172. The number of hydrogen-bond donors (Lipinski definition) is 0. The van der Waals surface area contributed by atoms with Crippen LogP contribution in [0.25, 0.3) is 20.2 Å². The molecule has 0 aliphatic heterocycles. The van der Waals surface area contributed by atoms with Crippen molar-refractivity contribution < 1.29 is 9.47 Å². The molecule has 3 nitrogen and oxygen atoms in total. The molecule has 0 radical (unpaired) electrons. The summed E-state index contributed by atoms with van der Waals surface area (Å²) in [6, 6.07) is 13.4. The Labute approximate surface area is 126 Å². The van der Waals surface area contributed by atoms with Crippen LogP contribution >= 0.6 is 11.3 Å². The fraction of sp³-hybridized carbons (Fsp3) is 0.235. The van der Waals surface area contributed by atoms with Crippen LogP contribution in [-0.4, -0.2) is 20.3 Å². The molecule has 3 rings (SSSR count). The van der Waals surface area contributed by atoms with Gasteiger partial charge in [0.2, 0.25) is 0 Å². The summed E-state index contributed by atoms with van der Waals surface area (Å²) in [6.07, 6.45) is 0.832. The fourth-order valence-corrected chi connectivity index (χ4v) is 3.32. The first kappa shape index (κ1) is 14.0. The molecular formula is C17H16O3S. The Hall–Kier alpha value is -1.91. The summed E-state index contributed by atoms with van der Waals surface area (Å²) in [5.41, 5.74) is 0.0710. The molecule has 1 heterocycles. The van der Waals surface area contributed by atoms with Crippen molar-refractivity contribution in [3.63, 3.8) is 0 Å². The van der Waals surface area contributed by atoms with Crippen molar-refractivity contribution in [3.05, 3.63) is 52.7 Å². The highest BCUT2D eigenvalue weighted by atomic mass is 32.1. The van der Waals surface area contributed by atoms with Gasteiger partial charge in [0.25, 0.3) is 0 Å². The summed E-state index contributed by atoms with van der Waals surface area (Å²) < 4.78 is 12.7. The molecule has 4 heteroatoms. The van der Waals surface area contributed by atoms with Crippen molar-refractivity contribution in [2.24, 2.45) is 0 Å². The highest BCUT2D eigenvalue weighted by molar-refractivity contribution is 7.24. The Morgan fingerprint density at radius 1 is 1.00 bits per heavy atom. The second-order valence-electron chi connectivity index (χ2n) is 4.78. The van der Waals surface area contributed by atoms with E-state index in [9.17, 15) is 4.79 Å². The van der Waals surface area contributed by atoms with E-state index in [1.54, 1.807) is 18.4 Å². The highest BCUT2D eigenvalue weighted by Crippen LogP contribution is 2.27. The second-order valence-corrected chi connectivity index (χ2v) is 5.86. The van der Waals surface area contributed by atoms with Crippen molar-refractivity contribution in [2.75, 3.05) is 20.3 Å². The number of benzene rings is 2. The average molecular weight is 300 g/mol. The van der Waals surface area contributed by atoms with Gasteiger partial charge in [0.1, 0.15) is 5.75 Å². The van der Waals surface area contributed by atoms with Crippen molar-refractivity contribution >= 4 is 31.5 Å². The van der Waals surface area contributed by atoms with Gasteiger partial charge in [0.15, 0.2) is 5.43 Å². The van der Waals surface area contributed by atoms with Gasteiger partial charge in [-0.2, -0.15) is 0 Å². The summed E-state index contributed by atoms with van der Waals surface area (Å²) in [5, 5.41) is 1.49. The lowest BCUT2D eigenvalue weighted by atomic mass is 10.2. The van der Waals surface area contributed by atoms with Crippen LogP contribution in [0.15, 0.2) is 47.3 Å². The molecule has 3 aromatic rings. The van der Waals surface area contributed by atoms with E-state index in [0.717, 1.165) is 32.3 Å². The van der Waals surface area contributed by atoms with Crippen LogP contribution in [0.3, 0.4) is 0 Å². The normalized spacial score (nSPS) is 11.1. The maximum Gasteiger partial charge on any atom is 0.196 e. The van der Waals surface area contributed by atoms with Crippen LogP contribution in [0.1, 0.15) is 6.42 Å². The van der Waals surface area contributed by atoms with E-state index in [-0.39, 0.29) is 5.43 Å². The Bertz CT molecular complexity index is 823. The van der Waals surface area contributed by atoms with Crippen LogP contribution in [0, 0.1) is 0 Å². The molecule has 1 aromatic heterocycles. The first-order chi connectivity index (χ1) is 10.3. The molecule has 0 unspecified atom stereocenters. The quantitative estimate of drug-likeness (QED) is 0.530. The molecule has 2 aromatic carbocycles. The molecule has 0 saturated heterocycles. The van der Waals surface area contributed by atoms with Crippen LogP contribution in [0.4, 0.5) is 0 Å². The highest BCUT2D eigenvalue weighted by Gasteiger charge is 2.06. The van der Waals surface area contributed by atoms with Crippen molar-refractivity contribution in [1.82, 2.24) is 0 Å². The minimum absolute atomic E-state index is 0.0710. The number of methoxy groups -OCH3 is 1. The van der Waals surface area contributed by atoms with Gasteiger partial charge in [0.05, 0.1) is 6.61 Å². The van der Waals surface area contributed by atoms with Gasteiger partial charge in [-0.05, 0) is 30.3 Å². The summed E-state index contributed by atoms with van der Waals surface area (Å²) in [4.78, 5) is 12.5. The molecule has 0 atom stereocenters. The summed E-state index contributed by atoms with van der Waals surface area (Å²) >= 11 is 1.63. The molecule has 0 N–H and O–H groups in total. The third-order valence-corrected chi connectivity index (χ3v) is 4.46. The SMILES string of the molecule is COCCCOc1ccc2sc3ccccc3c(=O)c2c1. The monoisotopic (exact) mass is 300 g/mol. The maximum atomic E-state index is 12.5. The van der Waals surface area contributed by atoms with Gasteiger partial charge < -0.3 is 9.47 Å². The molecular weight excluding hydrogens is 284 g/mol. The Morgan fingerprint density at radius 3 is 2.67 bits per heavy atom. The maximum absolute atomic E-state index is 12.5. The van der Waals surface area contributed by atoms with E-state index in [1.165, 1.54) is 0 Å². The lowest BCUT2D eigenvalue weighted by Crippen LogP contribution is -2.03. The summed E-state index contributed by atoms with van der Waals surface area (Å²) in [6.45, 7) is 1.26. The molecule has 0 amide bonds. The first-order valence-electron chi connectivity index (χ1n) is 6.87. The standard InChI is InChI=1S/C17H16O3S/c1-19-9-4-10-20-12-7-8-16-14(11-12)17(18)13-5-2-3-6-15(13)21-16/h2-3,5-8,11H,4,9-10H2,1H3. The minimum atomic E-state index is 0.0710. The number of fused-ring (bicyclic) bond motifs is 2. The van der Waals surface area contributed by atoms with Crippen molar-refractivity contribution in [3.8, 4) is 5.75 Å². The second kappa shape index (κ2) is 6.24. The summed E-state index contributed by atoms with van der Waals surface area (Å²) in [7, 11) is 1.67. The third kappa shape index (κ3) is 2.91. The van der Waals surface area contributed by atoms with E-state index >= 15 is 0 Å². The zero-order valence-corrected chi connectivity index (χ0v) is 12.6. The molecule has 0 bridgehead atoms. The van der Waals surface area contributed by atoms with E-state index in [4.69, 9.17) is 9.47 Å². The zero-order valence-electron chi connectivity index (χ0n) is 11.8. The molecule has 108 valence electrons. The van der Waals surface area contributed by atoms with E-state index in [0.29, 0.717) is 13.2 Å². The number of ether oxygens (including phenoxy) is 2. The lowest BCUT2D eigenvalue weighted by Gasteiger charge is -2.07. The van der Waals surface area contributed by atoms with Gasteiger partial charge in [-0.25, -0.2) is 0 Å². The number of rotatable bonds is 5.